The summed E-state index contributed by atoms with van der Waals surface area (Å²) in [5.41, 5.74) is 0.505. The molecule has 0 unspecified atom stereocenters. The molecule has 0 aromatic heterocycles. The van der Waals surface area contributed by atoms with Gasteiger partial charge in [-0.15, -0.1) is 0 Å². The second-order valence-electron chi connectivity index (χ2n) is 6.32. The maximum Gasteiger partial charge on any atom is 0.194 e. The van der Waals surface area contributed by atoms with Gasteiger partial charge in [0, 0.05) is 31.8 Å². The van der Waals surface area contributed by atoms with Gasteiger partial charge in [-0.1, -0.05) is 6.92 Å². The van der Waals surface area contributed by atoms with Crippen LogP contribution >= 0.6 is 0 Å². The summed E-state index contributed by atoms with van der Waals surface area (Å²) in [5, 5.41) is 3.62. The van der Waals surface area contributed by atoms with Crippen molar-refractivity contribution in [3.63, 3.8) is 0 Å². The Morgan fingerprint density at radius 3 is 2.39 bits per heavy atom. The predicted molar refractivity (Wildman–Crippen MR) is 81.7 cm³/mol. The first-order chi connectivity index (χ1) is 11.1. The van der Waals surface area contributed by atoms with Crippen LogP contribution in [0.15, 0.2) is 12.1 Å². The Bertz CT molecular complexity index is 526. The predicted octanol–water partition coefficient (Wildman–Crippen LogP) is 3.01. The zero-order valence-corrected chi connectivity index (χ0v) is 13.3. The van der Waals surface area contributed by atoms with Crippen LogP contribution in [0.2, 0.25) is 0 Å². The second-order valence-corrected chi connectivity index (χ2v) is 6.32. The van der Waals surface area contributed by atoms with Crippen LogP contribution in [0.5, 0.6) is 0 Å². The number of hydrogen-bond acceptors (Lipinski definition) is 3. The molecule has 2 fully saturated rings. The minimum absolute atomic E-state index is 0.113. The first kappa shape index (κ1) is 16.7. The van der Waals surface area contributed by atoms with E-state index in [-0.39, 0.29) is 12.1 Å². The van der Waals surface area contributed by atoms with Gasteiger partial charge in [-0.25, -0.2) is 13.2 Å². The Hall–Kier alpha value is -1.11. The fourth-order valence-corrected chi connectivity index (χ4v) is 3.74. The summed E-state index contributed by atoms with van der Waals surface area (Å²) in [4.78, 5) is 2.18. The summed E-state index contributed by atoms with van der Waals surface area (Å²) in [7, 11) is 0. The molecule has 2 atom stereocenters. The molecule has 3 rings (SSSR count). The van der Waals surface area contributed by atoms with Crippen LogP contribution in [-0.4, -0.2) is 43.3 Å². The summed E-state index contributed by atoms with van der Waals surface area (Å²) >= 11 is 0. The summed E-state index contributed by atoms with van der Waals surface area (Å²) in [6.07, 6.45) is 2.81. The number of likely N-dealkylation sites (tertiary alicyclic amines) is 1. The van der Waals surface area contributed by atoms with E-state index in [1.807, 2.05) is 6.92 Å². The minimum Gasteiger partial charge on any atom is -0.381 e. The molecule has 0 amide bonds. The van der Waals surface area contributed by atoms with Crippen molar-refractivity contribution in [2.24, 2.45) is 0 Å². The molecule has 2 saturated heterocycles. The van der Waals surface area contributed by atoms with E-state index in [1.54, 1.807) is 0 Å². The number of nitrogens with zero attached hydrogens (tertiary/aromatic N) is 1. The van der Waals surface area contributed by atoms with Crippen molar-refractivity contribution in [1.29, 1.82) is 0 Å². The van der Waals surface area contributed by atoms with E-state index in [9.17, 15) is 13.2 Å². The number of benzene rings is 1. The van der Waals surface area contributed by atoms with Gasteiger partial charge in [0.05, 0.1) is 6.04 Å². The number of halogens is 3. The lowest BCUT2D eigenvalue weighted by molar-refractivity contribution is 0.0729. The van der Waals surface area contributed by atoms with E-state index in [0.717, 1.165) is 57.7 Å². The fourth-order valence-electron chi connectivity index (χ4n) is 3.74. The third kappa shape index (κ3) is 3.54. The third-order valence-electron chi connectivity index (χ3n) is 4.93. The summed E-state index contributed by atoms with van der Waals surface area (Å²) in [5.74, 6) is -3.63. The van der Waals surface area contributed by atoms with Gasteiger partial charge in [-0.05, 0) is 43.5 Å². The largest absolute Gasteiger partial charge is 0.381 e. The van der Waals surface area contributed by atoms with Crippen LogP contribution in [0.25, 0.3) is 0 Å². The van der Waals surface area contributed by atoms with Crippen molar-refractivity contribution >= 4 is 0 Å². The summed E-state index contributed by atoms with van der Waals surface area (Å²) < 4.78 is 45.9. The Labute approximate surface area is 134 Å². The first-order valence-corrected chi connectivity index (χ1v) is 8.32. The number of ether oxygens (including phenoxy) is 1. The molecule has 3 nitrogen and oxygen atoms in total. The molecular formula is C17H23F3N2O. The normalized spacial score (nSPS) is 26.8. The molecule has 0 radical (unpaired) electrons. The lowest BCUT2D eigenvalue weighted by atomic mass is 9.97. The van der Waals surface area contributed by atoms with Crippen molar-refractivity contribution < 1.29 is 17.9 Å². The van der Waals surface area contributed by atoms with Crippen LogP contribution in [0.3, 0.4) is 0 Å². The SMILES string of the molecule is CCN1CC[C@H](NC2CCOCC2)[C@@H]1c1cc(F)c(F)c(F)c1. The average molecular weight is 328 g/mol. The zero-order valence-electron chi connectivity index (χ0n) is 13.3. The van der Waals surface area contributed by atoms with Crippen molar-refractivity contribution in [1.82, 2.24) is 10.2 Å². The molecule has 1 N–H and O–H groups in total. The highest BCUT2D eigenvalue weighted by Gasteiger charge is 2.36. The quantitative estimate of drug-likeness (QED) is 0.860. The molecule has 6 heteroatoms. The molecule has 0 aliphatic carbocycles. The average Bonchev–Trinajstić information content (AvgIpc) is 2.95. The summed E-state index contributed by atoms with van der Waals surface area (Å²) in [6, 6.07) is 2.61. The molecule has 23 heavy (non-hydrogen) atoms. The number of likely N-dealkylation sites (N-methyl/N-ethyl adjacent to an activating group) is 1. The Kier molecular flexibility index (Phi) is 5.24. The van der Waals surface area contributed by atoms with E-state index < -0.39 is 17.5 Å². The van der Waals surface area contributed by atoms with Gasteiger partial charge in [-0.3, -0.25) is 4.90 Å². The molecule has 1 aromatic rings. The minimum atomic E-state index is -1.40. The van der Waals surface area contributed by atoms with Gasteiger partial charge in [0.25, 0.3) is 0 Å². The number of nitrogens with one attached hydrogen (secondary N) is 1. The van der Waals surface area contributed by atoms with E-state index in [0.29, 0.717) is 11.6 Å². The Balaban J connectivity index is 1.82. The van der Waals surface area contributed by atoms with Gasteiger partial charge in [0.1, 0.15) is 0 Å². The third-order valence-corrected chi connectivity index (χ3v) is 4.93. The molecule has 0 spiro atoms. The first-order valence-electron chi connectivity index (χ1n) is 8.32. The number of rotatable bonds is 4. The number of hydrogen-bond donors (Lipinski definition) is 1. The Morgan fingerprint density at radius 1 is 1.13 bits per heavy atom. The second kappa shape index (κ2) is 7.20. The smallest absolute Gasteiger partial charge is 0.194 e. The molecule has 2 aliphatic rings. The molecule has 2 aliphatic heterocycles. The van der Waals surface area contributed by atoms with Gasteiger partial charge >= 0.3 is 0 Å². The Morgan fingerprint density at radius 2 is 1.78 bits per heavy atom. The molecule has 0 saturated carbocycles. The van der Waals surface area contributed by atoms with Crippen molar-refractivity contribution in [2.45, 2.75) is 44.3 Å². The zero-order chi connectivity index (χ0) is 16.4. The highest BCUT2D eigenvalue weighted by molar-refractivity contribution is 5.25. The highest BCUT2D eigenvalue weighted by atomic mass is 19.2. The van der Waals surface area contributed by atoms with E-state index in [4.69, 9.17) is 4.74 Å². The topological polar surface area (TPSA) is 24.5 Å². The maximum atomic E-state index is 13.6. The molecule has 128 valence electrons. The van der Waals surface area contributed by atoms with Gasteiger partial charge in [-0.2, -0.15) is 0 Å². The van der Waals surface area contributed by atoms with Crippen molar-refractivity contribution in [2.75, 3.05) is 26.3 Å². The fraction of sp³-hybridized carbons (Fsp3) is 0.647. The summed E-state index contributed by atoms with van der Waals surface area (Å²) in [6.45, 7) is 5.17. The lowest BCUT2D eigenvalue weighted by Gasteiger charge is -2.32. The van der Waals surface area contributed by atoms with Crippen molar-refractivity contribution in [3.05, 3.63) is 35.1 Å². The molecule has 1 aromatic carbocycles. The standard InChI is InChI=1S/C17H23F3N2O/c1-2-22-6-3-15(21-12-4-7-23-8-5-12)17(22)11-9-13(18)16(20)14(19)10-11/h9-10,12,15,17,21H,2-8H2,1H3/t15-,17-/m0/s1. The van der Waals surface area contributed by atoms with Gasteiger partial charge in [0.2, 0.25) is 0 Å². The molecule has 2 heterocycles. The van der Waals surface area contributed by atoms with Gasteiger partial charge < -0.3 is 10.1 Å². The van der Waals surface area contributed by atoms with Crippen LogP contribution in [0.1, 0.15) is 37.8 Å². The lowest BCUT2D eigenvalue weighted by Crippen LogP contribution is -2.44. The molecule has 0 bridgehead atoms. The van der Waals surface area contributed by atoms with E-state index >= 15 is 0 Å². The van der Waals surface area contributed by atoms with Crippen LogP contribution in [0, 0.1) is 17.5 Å². The molecular weight excluding hydrogens is 305 g/mol. The van der Waals surface area contributed by atoms with Crippen LogP contribution < -0.4 is 5.32 Å². The van der Waals surface area contributed by atoms with E-state index in [1.165, 1.54) is 0 Å². The van der Waals surface area contributed by atoms with Crippen LogP contribution in [0.4, 0.5) is 13.2 Å². The van der Waals surface area contributed by atoms with Gasteiger partial charge in [0.15, 0.2) is 17.5 Å². The monoisotopic (exact) mass is 328 g/mol. The van der Waals surface area contributed by atoms with Crippen LogP contribution in [-0.2, 0) is 4.74 Å². The van der Waals surface area contributed by atoms with Crippen molar-refractivity contribution in [3.8, 4) is 0 Å². The maximum absolute atomic E-state index is 13.6. The highest BCUT2D eigenvalue weighted by Crippen LogP contribution is 2.34. The van der Waals surface area contributed by atoms with E-state index in [2.05, 4.69) is 10.2 Å².